The fraction of sp³-hybridized carbons (Fsp3) is 0.118. The fourth-order valence-electron chi connectivity index (χ4n) is 2.30. The molecule has 5 nitrogen and oxygen atoms in total. The molecule has 1 N–H and O–H groups in total. The van der Waals surface area contributed by atoms with E-state index in [1.165, 1.54) is 0 Å². The molecule has 3 rings (SSSR count). The van der Waals surface area contributed by atoms with Gasteiger partial charge in [0.15, 0.2) is 5.69 Å². The zero-order chi connectivity index (χ0) is 15.7. The molecule has 0 saturated carbocycles. The van der Waals surface area contributed by atoms with Crippen LogP contribution in [0.2, 0.25) is 0 Å². The minimum Gasteiger partial charge on any atom is -0.320 e. The van der Waals surface area contributed by atoms with Gasteiger partial charge in [0.25, 0.3) is 5.91 Å². The van der Waals surface area contributed by atoms with Crippen LogP contribution in [0.1, 0.15) is 16.1 Å². The molecule has 1 aromatic heterocycles. The molecular weight excluding hydrogens is 278 g/mol. The van der Waals surface area contributed by atoms with Gasteiger partial charge in [-0.25, -0.2) is 0 Å². The van der Waals surface area contributed by atoms with Crippen LogP contribution in [0.15, 0.2) is 53.3 Å². The van der Waals surface area contributed by atoms with Gasteiger partial charge in [-0.3, -0.25) is 14.3 Å². The second-order valence-corrected chi connectivity index (χ2v) is 5.14. The third kappa shape index (κ3) is 2.48. The molecule has 0 aliphatic carbocycles. The van der Waals surface area contributed by atoms with Crippen molar-refractivity contribution in [2.75, 3.05) is 5.32 Å². The van der Waals surface area contributed by atoms with Gasteiger partial charge in [-0.05, 0) is 31.2 Å². The number of rotatable bonds is 2. The summed E-state index contributed by atoms with van der Waals surface area (Å²) < 4.78 is 1.54. The van der Waals surface area contributed by atoms with E-state index in [9.17, 15) is 9.59 Å². The number of hydrogen-bond acceptors (Lipinski definition) is 3. The number of benzene rings is 2. The summed E-state index contributed by atoms with van der Waals surface area (Å²) in [6.07, 6.45) is 0. The standard InChI is InChI=1S/C17H15N3O2/c1-11-7-9-12(10-8-11)18-17(22)15-16(21)13-5-3-4-6-14(13)20(2)19-15/h3-10H,1-2H3,(H,18,22). The maximum atomic E-state index is 12.4. The van der Waals surface area contributed by atoms with Gasteiger partial charge in [0.05, 0.1) is 5.52 Å². The molecule has 5 heteroatoms. The van der Waals surface area contributed by atoms with Crippen molar-refractivity contribution in [3.63, 3.8) is 0 Å². The lowest BCUT2D eigenvalue weighted by atomic mass is 10.2. The van der Waals surface area contributed by atoms with Crippen LogP contribution in [0, 0.1) is 6.92 Å². The largest absolute Gasteiger partial charge is 0.320 e. The van der Waals surface area contributed by atoms with E-state index in [1.54, 1.807) is 42.1 Å². The molecule has 0 unspecified atom stereocenters. The smallest absolute Gasteiger partial charge is 0.280 e. The number of para-hydroxylation sites is 1. The van der Waals surface area contributed by atoms with Crippen molar-refractivity contribution >= 4 is 22.5 Å². The van der Waals surface area contributed by atoms with E-state index < -0.39 is 5.91 Å². The number of aryl methyl sites for hydroxylation is 2. The third-order valence-corrected chi connectivity index (χ3v) is 3.49. The molecule has 0 aliphatic rings. The van der Waals surface area contributed by atoms with Gasteiger partial charge in [-0.1, -0.05) is 29.8 Å². The monoisotopic (exact) mass is 293 g/mol. The molecule has 0 saturated heterocycles. The normalized spacial score (nSPS) is 10.6. The van der Waals surface area contributed by atoms with E-state index in [-0.39, 0.29) is 11.1 Å². The van der Waals surface area contributed by atoms with Crippen LogP contribution in [0.5, 0.6) is 0 Å². The second kappa shape index (κ2) is 5.44. The summed E-state index contributed by atoms with van der Waals surface area (Å²) in [6, 6.07) is 14.5. The van der Waals surface area contributed by atoms with Gasteiger partial charge >= 0.3 is 0 Å². The SMILES string of the molecule is Cc1ccc(NC(=O)c2nn(C)c3ccccc3c2=O)cc1. The number of fused-ring (bicyclic) bond motifs is 1. The number of carbonyl (C=O) groups is 1. The van der Waals surface area contributed by atoms with E-state index in [0.29, 0.717) is 16.6 Å². The first-order valence-corrected chi connectivity index (χ1v) is 6.90. The lowest BCUT2D eigenvalue weighted by Gasteiger charge is -2.08. The molecule has 22 heavy (non-hydrogen) atoms. The minimum atomic E-state index is -0.504. The Morgan fingerprint density at radius 2 is 1.77 bits per heavy atom. The first-order valence-electron chi connectivity index (χ1n) is 6.90. The average Bonchev–Trinajstić information content (AvgIpc) is 2.53. The minimum absolute atomic E-state index is 0.109. The predicted molar refractivity (Wildman–Crippen MR) is 86.1 cm³/mol. The van der Waals surface area contributed by atoms with E-state index in [2.05, 4.69) is 10.4 Å². The Balaban J connectivity index is 2.02. The van der Waals surface area contributed by atoms with E-state index in [0.717, 1.165) is 5.56 Å². The summed E-state index contributed by atoms with van der Waals surface area (Å²) in [7, 11) is 1.71. The highest BCUT2D eigenvalue weighted by Crippen LogP contribution is 2.11. The van der Waals surface area contributed by atoms with Gasteiger partial charge in [0.1, 0.15) is 0 Å². The van der Waals surface area contributed by atoms with Gasteiger partial charge in [-0.2, -0.15) is 5.10 Å². The van der Waals surface area contributed by atoms with Crippen molar-refractivity contribution in [3.05, 3.63) is 70.0 Å². The summed E-state index contributed by atoms with van der Waals surface area (Å²) in [5, 5.41) is 7.29. The molecule has 0 spiro atoms. The molecule has 0 bridgehead atoms. The third-order valence-electron chi connectivity index (χ3n) is 3.49. The summed E-state index contributed by atoms with van der Waals surface area (Å²) in [6.45, 7) is 1.96. The lowest BCUT2D eigenvalue weighted by molar-refractivity contribution is 0.101. The first kappa shape index (κ1) is 14.0. The number of anilines is 1. The highest BCUT2D eigenvalue weighted by molar-refractivity contribution is 6.04. The van der Waals surface area contributed by atoms with E-state index in [4.69, 9.17) is 0 Å². The molecule has 0 atom stereocenters. The quantitative estimate of drug-likeness (QED) is 0.789. The Hall–Kier alpha value is -2.95. The Bertz CT molecular complexity index is 911. The van der Waals surface area contributed by atoms with Crippen LogP contribution in [0.3, 0.4) is 0 Å². The van der Waals surface area contributed by atoms with Crippen LogP contribution in [-0.4, -0.2) is 15.7 Å². The summed E-state index contributed by atoms with van der Waals surface area (Å²) in [5.74, 6) is -0.504. The number of nitrogens with one attached hydrogen (secondary N) is 1. The molecular formula is C17H15N3O2. The molecule has 0 aliphatic heterocycles. The first-order chi connectivity index (χ1) is 10.6. The summed E-state index contributed by atoms with van der Waals surface area (Å²) in [5.41, 5.74) is 1.95. The topological polar surface area (TPSA) is 64.0 Å². The number of aromatic nitrogens is 2. The van der Waals surface area contributed by atoms with Crippen molar-refractivity contribution in [2.45, 2.75) is 6.92 Å². The highest BCUT2D eigenvalue weighted by Gasteiger charge is 2.16. The number of amides is 1. The second-order valence-electron chi connectivity index (χ2n) is 5.14. The summed E-state index contributed by atoms with van der Waals surface area (Å²) >= 11 is 0. The van der Waals surface area contributed by atoms with Crippen LogP contribution in [-0.2, 0) is 7.05 Å². The maximum Gasteiger partial charge on any atom is 0.280 e. The zero-order valence-corrected chi connectivity index (χ0v) is 12.3. The summed E-state index contributed by atoms with van der Waals surface area (Å²) in [4.78, 5) is 24.8. The van der Waals surface area contributed by atoms with Gasteiger partial charge < -0.3 is 5.32 Å². The average molecular weight is 293 g/mol. The Morgan fingerprint density at radius 3 is 2.50 bits per heavy atom. The Labute approximate surface area is 127 Å². The van der Waals surface area contributed by atoms with Crippen molar-refractivity contribution in [1.82, 2.24) is 9.78 Å². The van der Waals surface area contributed by atoms with Crippen LogP contribution in [0.4, 0.5) is 5.69 Å². The van der Waals surface area contributed by atoms with Crippen LogP contribution < -0.4 is 10.7 Å². The molecule has 1 heterocycles. The molecule has 110 valence electrons. The Morgan fingerprint density at radius 1 is 1.09 bits per heavy atom. The number of hydrogen-bond donors (Lipinski definition) is 1. The molecule has 3 aromatic rings. The van der Waals surface area contributed by atoms with E-state index >= 15 is 0 Å². The van der Waals surface area contributed by atoms with Gasteiger partial charge in [-0.15, -0.1) is 0 Å². The van der Waals surface area contributed by atoms with Crippen molar-refractivity contribution in [2.24, 2.45) is 7.05 Å². The Kier molecular flexibility index (Phi) is 3.47. The molecule has 2 aromatic carbocycles. The van der Waals surface area contributed by atoms with Gasteiger partial charge in [0, 0.05) is 18.1 Å². The van der Waals surface area contributed by atoms with Crippen LogP contribution >= 0.6 is 0 Å². The van der Waals surface area contributed by atoms with Crippen molar-refractivity contribution in [3.8, 4) is 0 Å². The zero-order valence-electron chi connectivity index (χ0n) is 12.3. The maximum absolute atomic E-state index is 12.4. The van der Waals surface area contributed by atoms with Crippen molar-refractivity contribution < 1.29 is 4.79 Å². The van der Waals surface area contributed by atoms with Gasteiger partial charge in [0.2, 0.25) is 5.43 Å². The number of nitrogens with zero attached hydrogens (tertiary/aromatic N) is 2. The van der Waals surface area contributed by atoms with Crippen LogP contribution in [0.25, 0.3) is 10.9 Å². The predicted octanol–water partition coefficient (Wildman–Crippen LogP) is 2.49. The highest BCUT2D eigenvalue weighted by atomic mass is 16.2. The molecule has 0 fully saturated rings. The van der Waals surface area contributed by atoms with Crippen molar-refractivity contribution in [1.29, 1.82) is 0 Å². The molecule has 0 radical (unpaired) electrons. The lowest BCUT2D eigenvalue weighted by Crippen LogP contribution is -2.26. The number of carbonyl (C=O) groups excluding carboxylic acids is 1. The molecule has 1 amide bonds. The fourth-order valence-corrected chi connectivity index (χ4v) is 2.30. The van der Waals surface area contributed by atoms with E-state index in [1.807, 2.05) is 25.1 Å².